The minimum Gasteiger partial charge on any atom is -0.397 e. The van der Waals surface area contributed by atoms with Gasteiger partial charge in [0, 0.05) is 0 Å². The summed E-state index contributed by atoms with van der Waals surface area (Å²) in [5.74, 6) is -0.121. The van der Waals surface area contributed by atoms with E-state index in [-0.39, 0.29) is 5.91 Å². The van der Waals surface area contributed by atoms with E-state index in [4.69, 9.17) is 5.73 Å². The minimum atomic E-state index is -0.753. The molecule has 2 heterocycles. The monoisotopic (exact) mass is 221 g/mol. The smallest absolute Gasteiger partial charge is 0.255 e. The lowest BCUT2D eigenvalue weighted by Gasteiger charge is -2.44. The van der Waals surface area contributed by atoms with Crippen LogP contribution in [0.15, 0.2) is 12.3 Å². The zero-order valence-corrected chi connectivity index (χ0v) is 9.40. The molecule has 5 heteroatoms. The summed E-state index contributed by atoms with van der Waals surface area (Å²) >= 11 is 0. The number of carbonyl (C=O) groups excluding carboxylic acids is 1. The van der Waals surface area contributed by atoms with Gasteiger partial charge in [0.2, 0.25) is 0 Å². The molecule has 0 unspecified atom stereocenters. The number of likely N-dealkylation sites (tertiary alicyclic amines) is 1. The van der Waals surface area contributed by atoms with Crippen LogP contribution in [0.25, 0.3) is 0 Å². The second-order valence-electron chi connectivity index (χ2n) is 4.56. The lowest BCUT2D eigenvalue weighted by Crippen LogP contribution is -2.61. The van der Waals surface area contributed by atoms with E-state index in [2.05, 4.69) is 4.98 Å². The number of hydrogen-bond acceptors (Lipinski definition) is 4. The van der Waals surface area contributed by atoms with Crippen molar-refractivity contribution in [3.63, 3.8) is 0 Å². The Balaban J connectivity index is 2.19. The Morgan fingerprint density at radius 1 is 1.62 bits per heavy atom. The molecule has 0 radical (unpaired) electrons. The van der Waals surface area contributed by atoms with Crippen molar-refractivity contribution in [2.75, 3.05) is 18.8 Å². The number of amides is 1. The molecule has 0 atom stereocenters. The van der Waals surface area contributed by atoms with E-state index in [1.165, 1.54) is 6.20 Å². The number of aliphatic hydroxyl groups is 1. The summed E-state index contributed by atoms with van der Waals surface area (Å²) in [5, 5.41) is 9.57. The van der Waals surface area contributed by atoms with E-state index in [1.807, 2.05) is 0 Å². The molecular weight excluding hydrogens is 206 g/mol. The summed E-state index contributed by atoms with van der Waals surface area (Å²) in [5.41, 5.74) is 6.48. The maximum atomic E-state index is 12.0. The molecule has 3 N–H and O–H groups in total. The fraction of sp³-hybridized carbons (Fsp3) is 0.455. The first-order valence-corrected chi connectivity index (χ1v) is 5.13. The number of β-amino-alcohol motifs (C(OH)–C–C–N with tert-alkyl or cyclic N) is 1. The Labute approximate surface area is 93.9 Å². The van der Waals surface area contributed by atoms with Crippen molar-refractivity contribution in [3.8, 4) is 0 Å². The number of nitrogen functional groups attached to an aromatic ring is 1. The molecule has 1 aromatic heterocycles. The quantitative estimate of drug-likeness (QED) is 0.709. The fourth-order valence-corrected chi connectivity index (χ4v) is 1.86. The molecule has 1 fully saturated rings. The molecule has 0 aliphatic carbocycles. The Kier molecular flexibility index (Phi) is 2.35. The van der Waals surface area contributed by atoms with Crippen molar-refractivity contribution >= 4 is 11.6 Å². The topological polar surface area (TPSA) is 79.5 Å². The van der Waals surface area contributed by atoms with Gasteiger partial charge in [0.1, 0.15) is 0 Å². The Bertz CT molecular complexity index is 435. The zero-order valence-electron chi connectivity index (χ0n) is 9.40. The largest absolute Gasteiger partial charge is 0.397 e. The molecule has 1 aliphatic heterocycles. The molecule has 1 saturated heterocycles. The van der Waals surface area contributed by atoms with E-state index in [0.29, 0.717) is 30.0 Å². The van der Waals surface area contributed by atoms with Crippen LogP contribution in [-0.4, -0.2) is 39.6 Å². The van der Waals surface area contributed by atoms with E-state index in [0.717, 1.165) is 0 Å². The number of carbonyl (C=O) groups is 1. The van der Waals surface area contributed by atoms with Gasteiger partial charge in [-0.05, 0) is 19.9 Å². The van der Waals surface area contributed by atoms with Gasteiger partial charge in [0.15, 0.2) is 0 Å². The number of aryl methyl sites for hydroxylation is 1. The Hall–Kier alpha value is -1.62. The van der Waals surface area contributed by atoms with Crippen LogP contribution in [0.1, 0.15) is 23.0 Å². The second-order valence-corrected chi connectivity index (χ2v) is 4.56. The highest BCUT2D eigenvalue weighted by Gasteiger charge is 2.40. The highest BCUT2D eigenvalue weighted by molar-refractivity contribution is 5.96. The summed E-state index contributed by atoms with van der Waals surface area (Å²) in [7, 11) is 0. The number of nitrogens with two attached hydrogens (primary N) is 1. The third-order valence-electron chi connectivity index (χ3n) is 2.69. The van der Waals surface area contributed by atoms with Gasteiger partial charge in [-0.25, -0.2) is 0 Å². The van der Waals surface area contributed by atoms with Gasteiger partial charge in [-0.15, -0.1) is 0 Å². The van der Waals surface area contributed by atoms with Crippen molar-refractivity contribution in [1.29, 1.82) is 0 Å². The van der Waals surface area contributed by atoms with Crippen molar-refractivity contribution in [3.05, 3.63) is 23.5 Å². The minimum absolute atomic E-state index is 0.121. The van der Waals surface area contributed by atoms with E-state index < -0.39 is 5.60 Å². The van der Waals surface area contributed by atoms with Gasteiger partial charge >= 0.3 is 0 Å². The number of aromatic nitrogens is 1. The molecule has 1 aliphatic rings. The molecule has 1 amide bonds. The number of rotatable bonds is 1. The maximum absolute atomic E-state index is 12.0. The van der Waals surface area contributed by atoms with Crippen LogP contribution in [0, 0.1) is 6.92 Å². The van der Waals surface area contributed by atoms with Gasteiger partial charge in [-0.1, -0.05) is 0 Å². The molecule has 5 nitrogen and oxygen atoms in total. The number of hydrogen-bond donors (Lipinski definition) is 2. The SMILES string of the molecule is Cc1ncc(N)cc1C(=O)N1CC(C)(O)C1. The highest BCUT2D eigenvalue weighted by atomic mass is 16.3. The molecule has 0 aromatic carbocycles. The van der Waals surface area contributed by atoms with Crippen LogP contribution < -0.4 is 5.73 Å². The molecular formula is C11H15N3O2. The second kappa shape index (κ2) is 3.45. The first-order chi connectivity index (χ1) is 7.39. The molecule has 1 aromatic rings. The van der Waals surface area contributed by atoms with Crippen molar-refractivity contribution in [2.24, 2.45) is 0 Å². The third kappa shape index (κ3) is 1.86. The van der Waals surface area contributed by atoms with E-state index in [1.54, 1.807) is 24.8 Å². The summed E-state index contributed by atoms with van der Waals surface area (Å²) in [6, 6.07) is 1.62. The normalized spacial score (nSPS) is 18.1. The van der Waals surface area contributed by atoms with Crippen molar-refractivity contribution < 1.29 is 9.90 Å². The fourth-order valence-electron chi connectivity index (χ4n) is 1.86. The van der Waals surface area contributed by atoms with E-state index >= 15 is 0 Å². The average molecular weight is 221 g/mol. The maximum Gasteiger partial charge on any atom is 0.255 e. The number of nitrogens with zero attached hydrogens (tertiary/aromatic N) is 2. The molecule has 0 spiro atoms. The highest BCUT2D eigenvalue weighted by Crippen LogP contribution is 2.23. The predicted molar refractivity (Wildman–Crippen MR) is 59.9 cm³/mol. The summed E-state index contributed by atoms with van der Waals surface area (Å²) in [6.45, 7) is 4.20. The van der Waals surface area contributed by atoms with Gasteiger partial charge in [-0.2, -0.15) is 0 Å². The lowest BCUT2D eigenvalue weighted by molar-refractivity contribution is -0.0669. The molecule has 86 valence electrons. The first kappa shape index (κ1) is 10.9. The van der Waals surface area contributed by atoms with E-state index in [9.17, 15) is 9.90 Å². The predicted octanol–water partition coefficient (Wildman–Crippen LogP) is 0.179. The first-order valence-electron chi connectivity index (χ1n) is 5.13. The van der Waals surface area contributed by atoms with Gasteiger partial charge < -0.3 is 15.7 Å². The van der Waals surface area contributed by atoms with Crippen molar-refractivity contribution in [1.82, 2.24) is 9.88 Å². The molecule has 2 rings (SSSR count). The number of anilines is 1. The van der Waals surface area contributed by atoms with Gasteiger partial charge in [-0.3, -0.25) is 9.78 Å². The van der Waals surface area contributed by atoms with Crippen LogP contribution in [-0.2, 0) is 0 Å². The summed E-state index contributed by atoms with van der Waals surface area (Å²) in [6.07, 6.45) is 1.53. The average Bonchev–Trinajstić information content (AvgIpc) is 2.17. The van der Waals surface area contributed by atoms with Crippen LogP contribution in [0.4, 0.5) is 5.69 Å². The zero-order chi connectivity index (χ0) is 11.9. The van der Waals surface area contributed by atoms with Crippen LogP contribution in [0.5, 0.6) is 0 Å². The Morgan fingerprint density at radius 3 is 2.81 bits per heavy atom. The van der Waals surface area contributed by atoms with Crippen molar-refractivity contribution in [2.45, 2.75) is 19.4 Å². The standard InChI is InChI=1S/C11H15N3O2/c1-7-9(3-8(12)4-13-7)10(15)14-5-11(2,16)6-14/h3-4,16H,5-6,12H2,1-2H3. The van der Waals surface area contributed by atoms with Gasteiger partial charge in [0.05, 0.1) is 41.8 Å². The lowest BCUT2D eigenvalue weighted by atomic mass is 9.95. The summed E-state index contributed by atoms with van der Waals surface area (Å²) < 4.78 is 0. The molecule has 0 bridgehead atoms. The molecule has 0 saturated carbocycles. The summed E-state index contributed by atoms with van der Waals surface area (Å²) in [4.78, 5) is 17.6. The van der Waals surface area contributed by atoms with Crippen LogP contribution in [0.3, 0.4) is 0 Å². The molecule has 16 heavy (non-hydrogen) atoms. The third-order valence-corrected chi connectivity index (χ3v) is 2.69. The number of pyridine rings is 1. The van der Waals surface area contributed by atoms with Crippen LogP contribution >= 0.6 is 0 Å². The van der Waals surface area contributed by atoms with Gasteiger partial charge in [0.25, 0.3) is 5.91 Å². The Morgan fingerprint density at radius 2 is 2.25 bits per heavy atom. The van der Waals surface area contributed by atoms with Crippen LogP contribution in [0.2, 0.25) is 0 Å².